The Morgan fingerprint density at radius 3 is 2.72 bits per heavy atom. The Labute approximate surface area is 228 Å². The highest BCUT2D eigenvalue weighted by molar-refractivity contribution is 6.05. The number of hydrogen-bond donors (Lipinski definition) is 4. The van der Waals surface area contributed by atoms with E-state index in [0.717, 1.165) is 47.4 Å². The molecule has 9 heteroatoms. The number of pyridine rings is 1. The van der Waals surface area contributed by atoms with Gasteiger partial charge >= 0.3 is 0 Å². The van der Waals surface area contributed by atoms with Gasteiger partial charge in [0.25, 0.3) is 5.91 Å². The fourth-order valence-electron chi connectivity index (χ4n) is 5.23. The molecule has 0 spiro atoms. The molecule has 0 unspecified atom stereocenters. The predicted octanol–water partition coefficient (Wildman–Crippen LogP) is 5.81. The molecule has 0 radical (unpaired) electrons. The lowest BCUT2D eigenvalue weighted by Gasteiger charge is -2.32. The topological polar surface area (TPSA) is 115 Å². The summed E-state index contributed by atoms with van der Waals surface area (Å²) in [5.74, 6) is 1.03. The number of H-pyrrole nitrogens is 1. The maximum absolute atomic E-state index is 13.1. The summed E-state index contributed by atoms with van der Waals surface area (Å²) in [6.45, 7) is 9.43. The monoisotopic (exact) mass is 525 g/mol. The third-order valence-electron chi connectivity index (χ3n) is 7.22. The number of aryl methyl sites for hydroxylation is 1. The number of fused-ring (bicyclic) bond motifs is 1. The van der Waals surface area contributed by atoms with Gasteiger partial charge in [0.05, 0.1) is 11.1 Å². The lowest BCUT2D eigenvalue weighted by Crippen LogP contribution is -2.44. The first-order valence-electron chi connectivity index (χ1n) is 13.4. The molecule has 1 fully saturated rings. The average molecular weight is 526 g/mol. The van der Waals surface area contributed by atoms with E-state index in [0.29, 0.717) is 29.5 Å². The molecule has 1 saturated heterocycles. The summed E-state index contributed by atoms with van der Waals surface area (Å²) in [6.07, 6.45) is 3.61. The fraction of sp³-hybridized carbons (Fsp3) is 0.333. The van der Waals surface area contributed by atoms with Crippen LogP contribution in [0.25, 0.3) is 11.0 Å². The number of rotatable bonds is 7. The zero-order valence-corrected chi connectivity index (χ0v) is 22.8. The minimum Gasteiger partial charge on any atom is -0.363 e. The normalized spacial score (nSPS) is 15.4. The second kappa shape index (κ2) is 11.1. The van der Waals surface area contributed by atoms with Crippen LogP contribution < -0.4 is 16.0 Å². The molecule has 4 N–H and O–H groups in total. The Morgan fingerprint density at radius 2 is 1.95 bits per heavy atom. The lowest BCUT2D eigenvalue weighted by atomic mass is 9.97. The average Bonchev–Trinajstić information content (AvgIpc) is 3.32. The molecule has 0 aliphatic carbocycles. The Morgan fingerprint density at radius 1 is 1.10 bits per heavy atom. The van der Waals surface area contributed by atoms with Crippen LogP contribution in [0.5, 0.6) is 0 Å². The van der Waals surface area contributed by atoms with Crippen LogP contribution in [0.15, 0.2) is 54.7 Å². The Balaban J connectivity index is 1.34. The quantitative estimate of drug-likeness (QED) is 0.242. The van der Waals surface area contributed by atoms with Gasteiger partial charge in [-0.3, -0.25) is 14.7 Å². The zero-order chi connectivity index (χ0) is 27.5. The largest absolute Gasteiger partial charge is 0.363 e. The van der Waals surface area contributed by atoms with Crippen LogP contribution >= 0.6 is 0 Å². The van der Waals surface area contributed by atoms with Gasteiger partial charge in [-0.2, -0.15) is 5.10 Å². The van der Waals surface area contributed by atoms with Gasteiger partial charge in [0, 0.05) is 49.2 Å². The van der Waals surface area contributed by atoms with Crippen molar-refractivity contribution in [3.05, 3.63) is 71.4 Å². The number of carbonyl (C=O) groups excluding carboxylic acids is 2. The minimum absolute atomic E-state index is 0.0871. The maximum Gasteiger partial charge on any atom is 0.255 e. The standard InChI is InChI=1S/C30H35N7O2/c1-18(2)25-11-10-23(15-19(25)3)34-30(39)21-7-5-8-22(16-21)32-26-12-13-31-28-27(26)29(36-35-28)33-24-9-6-14-37(17-24)20(4)38/h5,7-8,10-13,15-16,18,24H,6,9,14,17H2,1-4H3,(H,34,39)(H3,31,32,33,35,36)/t24-/m1/s1. The molecule has 0 bridgehead atoms. The zero-order valence-electron chi connectivity index (χ0n) is 22.8. The molecule has 1 atom stereocenters. The summed E-state index contributed by atoms with van der Waals surface area (Å²) in [6, 6.07) is 15.4. The number of carbonyl (C=O) groups is 2. The van der Waals surface area contributed by atoms with Gasteiger partial charge in [0.15, 0.2) is 11.5 Å². The Kier molecular flexibility index (Phi) is 7.49. The van der Waals surface area contributed by atoms with Crippen molar-refractivity contribution in [2.75, 3.05) is 29.0 Å². The number of aromatic nitrogens is 3. The number of benzene rings is 2. The highest BCUT2D eigenvalue weighted by atomic mass is 16.2. The third-order valence-corrected chi connectivity index (χ3v) is 7.22. The minimum atomic E-state index is -0.173. The molecule has 39 heavy (non-hydrogen) atoms. The highest BCUT2D eigenvalue weighted by Crippen LogP contribution is 2.31. The number of anilines is 4. The van der Waals surface area contributed by atoms with Crippen LogP contribution in [-0.4, -0.2) is 51.0 Å². The van der Waals surface area contributed by atoms with Crippen LogP contribution in [0.4, 0.5) is 22.9 Å². The molecular formula is C30H35N7O2. The highest BCUT2D eigenvalue weighted by Gasteiger charge is 2.23. The SMILES string of the molecule is CC(=O)N1CCC[C@@H](Nc2n[nH]c3nccc(Nc4cccc(C(=O)Nc5ccc(C(C)C)c(C)c5)c4)c23)C1. The van der Waals surface area contributed by atoms with Gasteiger partial charge in [0.1, 0.15) is 0 Å². The van der Waals surface area contributed by atoms with Crippen molar-refractivity contribution in [2.45, 2.75) is 52.5 Å². The summed E-state index contributed by atoms with van der Waals surface area (Å²) in [4.78, 5) is 31.2. The fourth-order valence-corrected chi connectivity index (χ4v) is 5.23. The van der Waals surface area contributed by atoms with Crippen LogP contribution in [-0.2, 0) is 4.79 Å². The summed E-state index contributed by atoms with van der Waals surface area (Å²) in [5, 5.41) is 18.3. The number of nitrogens with one attached hydrogen (secondary N) is 4. The van der Waals surface area contributed by atoms with E-state index < -0.39 is 0 Å². The molecule has 202 valence electrons. The van der Waals surface area contributed by atoms with Crippen molar-refractivity contribution in [3.63, 3.8) is 0 Å². The van der Waals surface area contributed by atoms with Crippen LogP contribution in [0, 0.1) is 6.92 Å². The number of aromatic amines is 1. The molecule has 1 aliphatic heterocycles. The van der Waals surface area contributed by atoms with Gasteiger partial charge < -0.3 is 20.9 Å². The summed E-state index contributed by atoms with van der Waals surface area (Å²) >= 11 is 0. The van der Waals surface area contributed by atoms with Gasteiger partial charge in [-0.05, 0) is 73.2 Å². The number of likely N-dealkylation sites (tertiary alicyclic amines) is 1. The lowest BCUT2D eigenvalue weighted by molar-refractivity contribution is -0.129. The molecule has 1 aliphatic rings. The smallest absolute Gasteiger partial charge is 0.255 e. The number of piperidine rings is 1. The second-order valence-electron chi connectivity index (χ2n) is 10.5. The van der Waals surface area contributed by atoms with Gasteiger partial charge in [-0.15, -0.1) is 0 Å². The van der Waals surface area contributed by atoms with E-state index in [4.69, 9.17) is 0 Å². The van der Waals surface area contributed by atoms with Crippen molar-refractivity contribution in [2.24, 2.45) is 0 Å². The van der Waals surface area contributed by atoms with Crippen LogP contribution in [0.2, 0.25) is 0 Å². The predicted molar refractivity (Wildman–Crippen MR) is 156 cm³/mol. The van der Waals surface area contributed by atoms with Gasteiger partial charge in [-0.25, -0.2) is 4.98 Å². The maximum atomic E-state index is 13.1. The Hall–Kier alpha value is -4.40. The van der Waals surface area contributed by atoms with E-state index in [1.54, 1.807) is 19.2 Å². The molecule has 3 heterocycles. The summed E-state index contributed by atoms with van der Waals surface area (Å²) < 4.78 is 0. The van der Waals surface area contributed by atoms with Crippen molar-refractivity contribution < 1.29 is 9.59 Å². The molecule has 4 aromatic rings. The molecule has 9 nitrogen and oxygen atoms in total. The van der Waals surface area contributed by atoms with E-state index in [-0.39, 0.29) is 17.9 Å². The van der Waals surface area contributed by atoms with Crippen LogP contribution in [0.3, 0.4) is 0 Å². The van der Waals surface area contributed by atoms with Crippen molar-refractivity contribution in [1.29, 1.82) is 0 Å². The number of amides is 2. The molecule has 0 saturated carbocycles. The van der Waals surface area contributed by atoms with Crippen molar-refractivity contribution >= 4 is 45.7 Å². The van der Waals surface area contributed by atoms with Crippen molar-refractivity contribution in [1.82, 2.24) is 20.1 Å². The van der Waals surface area contributed by atoms with E-state index in [1.165, 1.54) is 5.56 Å². The molecule has 2 aromatic heterocycles. The van der Waals surface area contributed by atoms with Crippen molar-refractivity contribution in [3.8, 4) is 0 Å². The first-order chi connectivity index (χ1) is 18.8. The molecule has 2 amide bonds. The van der Waals surface area contributed by atoms with Crippen LogP contribution in [0.1, 0.15) is 61.0 Å². The third kappa shape index (κ3) is 5.87. The molecule has 5 rings (SSSR count). The van der Waals surface area contributed by atoms with E-state index in [1.807, 2.05) is 41.3 Å². The molecule has 2 aromatic carbocycles. The summed E-state index contributed by atoms with van der Waals surface area (Å²) in [7, 11) is 0. The molecular weight excluding hydrogens is 490 g/mol. The number of nitrogens with zero attached hydrogens (tertiary/aromatic N) is 3. The Bertz CT molecular complexity index is 1510. The second-order valence-corrected chi connectivity index (χ2v) is 10.5. The van der Waals surface area contributed by atoms with Gasteiger partial charge in [0.2, 0.25) is 5.91 Å². The van der Waals surface area contributed by atoms with E-state index in [2.05, 4.69) is 58.0 Å². The van der Waals surface area contributed by atoms with E-state index in [9.17, 15) is 9.59 Å². The first kappa shape index (κ1) is 26.2. The van der Waals surface area contributed by atoms with Gasteiger partial charge in [-0.1, -0.05) is 26.0 Å². The number of hydrogen-bond acceptors (Lipinski definition) is 6. The first-order valence-corrected chi connectivity index (χ1v) is 13.4. The summed E-state index contributed by atoms with van der Waals surface area (Å²) in [5.41, 5.74) is 5.99. The van der Waals surface area contributed by atoms with E-state index >= 15 is 0 Å².